The molecule has 0 aliphatic carbocycles. The van der Waals surface area contributed by atoms with E-state index in [-0.39, 0.29) is 11.7 Å². The van der Waals surface area contributed by atoms with Crippen LogP contribution in [0.25, 0.3) is 0 Å². The first-order valence-electron chi connectivity index (χ1n) is 6.40. The van der Waals surface area contributed by atoms with Gasteiger partial charge in [0.05, 0.1) is 0 Å². The van der Waals surface area contributed by atoms with Gasteiger partial charge in [0.25, 0.3) is 5.91 Å². The van der Waals surface area contributed by atoms with Gasteiger partial charge in [-0.3, -0.25) is 9.59 Å². The van der Waals surface area contributed by atoms with E-state index in [9.17, 15) is 9.59 Å². The summed E-state index contributed by atoms with van der Waals surface area (Å²) in [6, 6.07) is 0.291. The van der Waals surface area contributed by atoms with Crippen molar-refractivity contribution in [1.82, 2.24) is 10.2 Å². The lowest BCUT2D eigenvalue weighted by atomic mass is 9.96. The molecule has 2 unspecified atom stereocenters. The van der Waals surface area contributed by atoms with E-state index in [1.807, 2.05) is 13.8 Å². The Kier molecular flexibility index (Phi) is 3.05. The van der Waals surface area contributed by atoms with Crippen molar-refractivity contribution in [3.05, 3.63) is 23.5 Å². The van der Waals surface area contributed by atoms with Gasteiger partial charge in [-0.25, -0.2) is 0 Å². The van der Waals surface area contributed by atoms with Crippen LogP contribution >= 0.6 is 0 Å². The maximum absolute atomic E-state index is 12.1. The molecule has 2 rings (SSSR count). The summed E-state index contributed by atoms with van der Waals surface area (Å²) >= 11 is 0. The third kappa shape index (κ3) is 1.76. The van der Waals surface area contributed by atoms with Crippen LogP contribution in [0.2, 0.25) is 0 Å². The summed E-state index contributed by atoms with van der Waals surface area (Å²) < 4.78 is 0. The minimum absolute atomic E-state index is 0.0975. The lowest BCUT2D eigenvalue weighted by Gasteiger charge is -2.33. The van der Waals surface area contributed by atoms with Crippen LogP contribution in [-0.2, 0) is 9.59 Å². The average molecular weight is 248 g/mol. The van der Waals surface area contributed by atoms with Gasteiger partial charge in [-0.1, -0.05) is 6.08 Å². The number of carbonyl (C=O) groups is 2. The molecule has 1 N–H and O–H groups in total. The molecule has 0 saturated carbocycles. The van der Waals surface area contributed by atoms with E-state index in [4.69, 9.17) is 0 Å². The topological polar surface area (TPSA) is 49.4 Å². The molecule has 2 aliphatic rings. The van der Waals surface area contributed by atoms with Crippen LogP contribution in [0.1, 0.15) is 40.5 Å². The number of fused-ring (bicyclic) bond motifs is 1. The van der Waals surface area contributed by atoms with Gasteiger partial charge in [0.1, 0.15) is 11.4 Å². The molecule has 0 bridgehead atoms. The average Bonchev–Trinajstić information content (AvgIpc) is 2.76. The zero-order valence-electron chi connectivity index (χ0n) is 11.4. The summed E-state index contributed by atoms with van der Waals surface area (Å²) in [6.45, 7) is 7.63. The zero-order valence-corrected chi connectivity index (χ0v) is 11.4. The fraction of sp³-hybridized carbons (Fsp3) is 0.571. The first kappa shape index (κ1) is 12.9. The molecule has 98 valence electrons. The molecule has 1 amide bonds. The number of hydrogen-bond donors (Lipinski definition) is 1. The van der Waals surface area contributed by atoms with Crippen molar-refractivity contribution in [1.29, 1.82) is 0 Å². The van der Waals surface area contributed by atoms with Crippen LogP contribution in [0.15, 0.2) is 23.5 Å². The van der Waals surface area contributed by atoms with E-state index >= 15 is 0 Å². The molecule has 2 aliphatic heterocycles. The van der Waals surface area contributed by atoms with Crippen LogP contribution in [0, 0.1) is 0 Å². The predicted octanol–water partition coefficient (Wildman–Crippen LogP) is 1.74. The van der Waals surface area contributed by atoms with Gasteiger partial charge < -0.3 is 10.2 Å². The predicted molar refractivity (Wildman–Crippen MR) is 69.6 cm³/mol. The van der Waals surface area contributed by atoms with Crippen LogP contribution in [-0.4, -0.2) is 28.2 Å². The van der Waals surface area contributed by atoms with Crippen LogP contribution in [0.3, 0.4) is 0 Å². The first-order chi connectivity index (χ1) is 8.40. The highest BCUT2D eigenvalue weighted by Crippen LogP contribution is 2.41. The minimum atomic E-state index is -0.453. The van der Waals surface area contributed by atoms with Crippen LogP contribution in [0.5, 0.6) is 0 Å². The first-order valence-corrected chi connectivity index (χ1v) is 6.40. The molecular formula is C14H20N2O2. The molecule has 4 nitrogen and oxygen atoms in total. The molecule has 18 heavy (non-hydrogen) atoms. The van der Waals surface area contributed by atoms with Gasteiger partial charge in [-0.15, -0.1) is 0 Å². The highest BCUT2D eigenvalue weighted by Gasteiger charge is 2.50. The Labute approximate surface area is 108 Å². The number of allylic oxidation sites excluding steroid dienone is 1. The van der Waals surface area contributed by atoms with Crippen molar-refractivity contribution in [2.75, 3.05) is 0 Å². The van der Waals surface area contributed by atoms with E-state index in [1.165, 1.54) is 0 Å². The Morgan fingerprint density at radius 1 is 1.61 bits per heavy atom. The van der Waals surface area contributed by atoms with Gasteiger partial charge in [0, 0.05) is 17.7 Å². The van der Waals surface area contributed by atoms with E-state index in [2.05, 4.69) is 17.1 Å². The number of carbonyl (C=O) groups excluding carboxylic acids is 2. The Hall–Kier alpha value is -1.58. The molecule has 0 radical (unpaired) electrons. The number of amides is 1. The molecule has 0 spiro atoms. The van der Waals surface area contributed by atoms with E-state index < -0.39 is 5.54 Å². The molecule has 2 heterocycles. The normalized spacial score (nSPS) is 31.4. The highest BCUT2D eigenvalue weighted by molar-refractivity contribution is 6.02. The SMILES string of the molecule is CC=C(C)C(=O)NC1=CC(=O)C2(C)CCC(C)N12. The third-order valence-electron chi connectivity index (χ3n) is 4.11. The number of hydrogen-bond acceptors (Lipinski definition) is 3. The molecule has 0 aromatic heterocycles. The van der Waals surface area contributed by atoms with Crippen molar-refractivity contribution >= 4 is 11.7 Å². The summed E-state index contributed by atoms with van der Waals surface area (Å²) in [7, 11) is 0. The molecule has 1 saturated heterocycles. The lowest BCUT2D eigenvalue weighted by Crippen LogP contribution is -2.47. The number of nitrogens with one attached hydrogen (secondary N) is 1. The van der Waals surface area contributed by atoms with Gasteiger partial charge >= 0.3 is 0 Å². The molecule has 1 fully saturated rings. The second kappa shape index (κ2) is 4.26. The molecule has 2 atom stereocenters. The maximum Gasteiger partial charge on any atom is 0.252 e. The van der Waals surface area contributed by atoms with Crippen molar-refractivity contribution in [2.24, 2.45) is 0 Å². The molecule has 4 heteroatoms. The fourth-order valence-electron chi connectivity index (χ4n) is 2.76. The zero-order chi connectivity index (χ0) is 13.5. The Morgan fingerprint density at radius 2 is 2.28 bits per heavy atom. The number of ketones is 1. The van der Waals surface area contributed by atoms with Crippen LogP contribution < -0.4 is 5.32 Å². The van der Waals surface area contributed by atoms with Gasteiger partial charge in [-0.05, 0) is 40.5 Å². The summed E-state index contributed by atoms with van der Waals surface area (Å²) in [5, 5.41) is 2.85. The second-order valence-corrected chi connectivity index (χ2v) is 5.35. The van der Waals surface area contributed by atoms with Crippen molar-refractivity contribution in [3.63, 3.8) is 0 Å². The molecule has 0 aromatic rings. The van der Waals surface area contributed by atoms with Crippen molar-refractivity contribution < 1.29 is 9.59 Å². The smallest absolute Gasteiger partial charge is 0.252 e. The third-order valence-corrected chi connectivity index (χ3v) is 4.11. The van der Waals surface area contributed by atoms with E-state index in [0.29, 0.717) is 17.4 Å². The van der Waals surface area contributed by atoms with Crippen LogP contribution in [0.4, 0.5) is 0 Å². The van der Waals surface area contributed by atoms with Gasteiger partial charge in [0.15, 0.2) is 5.78 Å². The number of nitrogens with zero attached hydrogens (tertiary/aromatic N) is 1. The van der Waals surface area contributed by atoms with Gasteiger partial charge in [0.2, 0.25) is 0 Å². The fourth-order valence-corrected chi connectivity index (χ4v) is 2.76. The highest BCUT2D eigenvalue weighted by atomic mass is 16.2. The summed E-state index contributed by atoms with van der Waals surface area (Å²) in [6.07, 6.45) is 5.17. The largest absolute Gasteiger partial charge is 0.342 e. The molecule has 0 aromatic carbocycles. The summed E-state index contributed by atoms with van der Waals surface area (Å²) in [4.78, 5) is 26.0. The summed E-state index contributed by atoms with van der Waals surface area (Å²) in [5.41, 5.74) is 0.204. The molecular weight excluding hydrogens is 228 g/mol. The van der Waals surface area contributed by atoms with E-state index in [0.717, 1.165) is 12.8 Å². The van der Waals surface area contributed by atoms with Crippen molar-refractivity contribution in [2.45, 2.75) is 52.1 Å². The summed E-state index contributed by atoms with van der Waals surface area (Å²) in [5.74, 6) is 0.610. The number of rotatable bonds is 2. The van der Waals surface area contributed by atoms with Crippen molar-refractivity contribution in [3.8, 4) is 0 Å². The Bertz CT molecular complexity index is 464. The Balaban J connectivity index is 2.22. The van der Waals surface area contributed by atoms with Gasteiger partial charge in [-0.2, -0.15) is 0 Å². The second-order valence-electron chi connectivity index (χ2n) is 5.35. The minimum Gasteiger partial charge on any atom is -0.342 e. The maximum atomic E-state index is 12.1. The standard InChI is InChI=1S/C14H20N2O2/c1-5-9(2)13(18)15-12-8-11(17)14(4)7-6-10(3)16(12)14/h5,8,10H,6-7H2,1-4H3,(H,15,18). The quantitative estimate of drug-likeness (QED) is 0.757. The monoisotopic (exact) mass is 248 g/mol. The Morgan fingerprint density at radius 3 is 2.89 bits per heavy atom. The van der Waals surface area contributed by atoms with E-state index in [1.54, 1.807) is 19.1 Å². The lowest BCUT2D eigenvalue weighted by molar-refractivity contribution is -0.122.